The van der Waals surface area contributed by atoms with Crippen LogP contribution >= 0.6 is 27.5 Å². The van der Waals surface area contributed by atoms with E-state index in [2.05, 4.69) is 15.9 Å². The van der Waals surface area contributed by atoms with Gasteiger partial charge in [0, 0.05) is 5.02 Å². The summed E-state index contributed by atoms with van der Waals surface area (Å²) in [7, 11) is 0. The minimum atomic E-state index is -1.68. The quantitative estimate of drug-likeness (QED) is 0.732. The van der Waals surface area contributed by atoms with E-state index >= 15 is 0 Å². The molecule has 0 aliphatic carbocycles. The number of hydrogen-bond donors (Lipinski definition) is 0. The van der Waals surface area contributed by atoms with Gasteiger partial charge >= 0.3 is 0 Å². The van der Waals surface area contributed by atoms with Crippen LogP contribution in [0.3, 0.4) is 0 Å². The average Bonchev–Trinajstić information content (AvgIpc) is 2.39. The Balaban J connectivity index is 2.73. The highest BCUT2D eigenvalue weighted by Gasteiger charge is 2.38. The fourth-order valence-electron chi connectivity index (χ4n) is 1.13. The summed E-state index contributed by atoms with van der Waals surface area (Å²) in [5, 5.41) is -0.577. The van der Waals surface area contributed by atoms with Crippen LogP contribution in [0.5, 0.6) is 5.75 Å². The SMILES string of the molecule is CC(CF)(CF)C(=O)C(Br)Oc1ccc(Cl)cc1. The van der Waals surface area contributed by atoms with Gasteiger partial charge < -0.3 is 4.74 Å². The minimum absolute atomic E-state index is 0.384. The van der Waals surface area contributed by atoms with Crippen LogP contribution in [0.1, 0.15) is 6.92 Å². The number of halogens is 4. The normalized spacial score (nSPS) is 13.2. The number of ketones is 1. The van der Waals surface area contributed by atoms with Crippen molar-refractivity contribution in [3.8, 4) is 5.75 Å². The summed E-state index contributed by atoms with van der Waals surface area (Å²) in [4.78, 5) is 11.8. The highest BCUT2D eigenvalue weighted by atomic mass is 79.9. The van der Waals surface area contributed by atoms with E-state index in [1.807, 2.05) is 0 Å². The molecule has 2 nitrogen and oxygen atoms in total. The summed E-state index contributed by atoms with van der Waals surface area (Å²) >= 11 is 8.67. The molecule has 100 valence electrons. The second kappa shape index (κ2) is 6.48. The van der Waals surface area contributed by atoms with Crippen molar-refractivity contribution in [3.63, 3.8) is 0 Å². The van der Waals surface area contributed by atoms with Gasteiger partial charge in [0.2, 0.25) is 5.01 Å². The van der Waals surface area contributed by atoms with Crippen molar-refractivity contribution in [2.24, 2.45) is 5.41 Å². The molecule has 0 radical (unpaired) electrons. The van der Waals surface area contributed by atoms with Gasteiger partial charge in [-0.3, -0.25) is 4.79 Å². The molecule has 6 heteroatoms. The molecule has 0 N–H and O–H groups in total. The van der Waals surface area contributed by atoms with Crippen LogP contribution in [0.2, 0.25) is 5.02 Å². The van der Waals surface area contributed by atoms with Crippen LogP contribution in [0.15, 0.2) is 24.3 Å². The summed E-state index contributed by atoms with van der Waals surface area (Å²) in [6.07, 6.45) is 0. The van der Waals surface area contributed by atoms with Crippen LogP contribution in [0, 0.1) is 5.41 Å². The highest BCUT2D eigenvalue weighted by molar-refractivity contribution is 9.09. The third kappa shape index (κ3) is 3.65. The molecule has 18 heavy (non-hydrogen) atoms. The van der Waals surface area contributed by atoms with E-state index in [1.165, 1.54) is 6.92 Å². The lowest BCUT2D eigenvalue weighted by Gasteiger charge is -2.24. The van der Waals surface area contributed by atoms with Gasteiger partial charge in [-0.25, -0.2) is 8.78 Å². The van der Waals surface area contributed by atoms with Gasteiger partial charge in [0.25, 0.3) is 0 Å². The molecule has 0 aromatic heterocycles. The molecule has 1 atom stereocenters. The molecule has 0 fully saturated rings. The predicted molar refractivity (Wildman–Crippen MR) is 69.9 cm³/mol. The summed E-state index contributed by atoms with van der Waals surface area (Å²) < 4.78 is 30.6. The van der Waals surface area contributed by atoms with Gasteiger partial charge in [-0.15, -0.1) is 0 Å². The number of Topliss-reactive ketones (excluding diaryl/α,β-unsaturated/α-hetero) is 1. The minimum Gasteiger partial charge on any atom is -0.471 e. The number of alkyl halides is 3. The summed E-state index contributed by atoms with van der Waals surface area (Å²) in [5.74, 6) is -0.294. The number of rotatable bonds is 6. The zero-order valence-corrected chi connectivity index (χ0v) is 12.0. The first-order valence-corrected chi connectivity index (χ1v) is 6.45. The van der Waals surface area contributed by atoms with E-state index in [1.54, 1.807) is 24.3 Å². The molecule has 0 saturated carbocycles. The van der Waals surface area contributed by atoms with Crippen LogP contribution in [-0.2, 0) is 4.79 Å². The Morgan fingerprint density at radius 3 is 2.33 bits per heavy atom. The molecule has 0 bridgehead atoms. The maximum absolute atomic E-state index is 12.7. The van der Waals surface area contributed by atoms with Crippen molar-refractivity contribution in [2.45, 2.75) is 11.9 Å². The van der Waals surface area contributed by atoms with Crippen molar-refractivity contribution in [2.75, 3.05) is 13.3 Å². The largest absolute Gasteiger partial charge is 0.471 e. The van der Waals surface area contributed by atoms with Gasteiger partial charge in [0.1, 0.15) is 19.1 Å². The average molecular weight is 342 g/mol. The number of carbonyl (C=O) groups excluding carboxylic acids is 1. The van der Waals surface area contributed by atoms with Crippen LogP contribution < -0.4 is 4.74 Å². The number of hydrogen-bond acceptors (Lipinski definition) is 2. The molecule has 1 aromatic rings. The van der Waals surface area contributed by atoms with E-state index < -0.39 is 29.6 Å². The smallest absolute Gasteiger partial charge is 0.211 e. The Bertz CT molecular complexity index is 407. The Kier molecular flexibility index (Phi) is 5.53. The first-order valence-electron chi connectivity index (χ1n) is 5.15. The lowest BCUT2D eigenvalue weighted by atomic mass is 9.89. The standard InChI is InChI=1S/C12H12BrClF2O2/c1-12(6-15,7-16)10(17)11(13)18-9-4-2-8(14)3-5-9/h2-5,11H,6-7H2,1H3. The van der Waals surface area contributed by atoms with Crippen molar-refractivity contribution in [1.82, 2.24) is 0 Å². The van der Waals surface area contributed by atoms with Crippen molar-refractivity contribution in [1.29, 1.82) is 0 Å². The van der Waals surface area contributed by atoms with E-state index in [9.17, 15) is 13.6 Å². The van der Waals surface area contributed by atoms with E-state index in [0.717, 1.165) is 0 Å². The highest BCUT2D eigenvalue weighted by Crippen LogP contribution is 2.26. The van der Waals surface area contributed by atoms with Crippen molar-refractivity contribution >= 4 is 33.3 Å². The van der Waals surface area contributed by atoms with E-state index in [0.29, 0.717) is 10.8 Å². The molecular weight excluding hydrogens is 329 g/mol. The first-order chi connectivity index (χ1) is 8.42. The molecule has 0 aliphatic rings. The van der Waals surface area contributed by atoms with Gasteiger partial charge in [-0.05, 0) is 47.1 Å². The van der Waals surface area contributed by atoms with Crippen molar-refractivity contribution < 1.29 is 18.3 Å². The Morgan fingerprint density at radius 1 is 1.39 bits per heavy atom. The number of benzene rings is 1. The van der Waals surface area contributed by atoms with Crippen molar-refractivity contribution in [3.05, 3.63) is 29.3 Å². The molecule has 1 rings (SSSR count). The molecule has 0 spiro atoms. The summed E-state index contributed by atoms with van der Waals surface area (Å²) in [6.45, 7) is -0.933. The number of ether oxygens (including phenoxy) is 1. The van der Waals surface area contributed by atoms with E-state index in [-0.39, 0.29) is 0 Å². The van der Waals surface area contributed by atoms with Gasteiger partial charge in [-0.2, -0.15) is 0 Å². The lowest BCUT2D eigenvalue weighted by Crippen LogP contribution is -2.40. The fraction of sp³-hybridized carbons (Fsp3) is 0.417. The maximum Gasteiger partial charge on any atom is 0.211 e. The molecule has 1 unspecified atom stereocenters. The van der Waals surface area contributed by atoms with Gasteiger partial charge in [-0.1, -0.05) is 11.6 Å². The molecule has 0 aliphatic heterocycles. The topological polar surface area (TPSA) is 26.3 Å². The third-order valence-electron chi connectivity index (χ3n) is 2.44. The molecule has 0 saturated heterocycles. The Hall–Kier alpha value is -0.680. The van der Waals surface area contributed by atoms with Crippen LogP contribution in [0.4, 0.5) is 8.78 Å². The lowest BCUT2D eigenvalue weighted by molar-refractivity contribution is -0.133. The predicted octanol–water partition coefficient (Wildman–Crippen LogP) is 3.95. The second-order valence-electron chi connectivity index (χ2n) is 4.08. The molecule has 0 amide bonds. The van der Waals surface area contributed by atoms with E-state index in [4.69, 9.17) is 16.3 Å². The summed E-state index contributed by atoms with van der Waals surface area (Å²) in [5.41, 5.74) is -1.68. The van der Waals surface area contributed by atoms with Crippen LogP contribution in [0.25, 0.3) is 0 Å². The van der Waals surface area contributed by atoms with Crippen LogP contribution in [-0.4, -0.2) is 24.1 Å². The molecule has 1 aromatic carbocycles. The maximum atomic E-state index is 12.7. The Labute approximate surface area is 117 Å². The second-order valence-corrected chi connectivity index (χ2v) is 5.35. The molecular formula is C12H12BrClF2O2. The fourth-order valence-corrected chi connectivity index (χ4v) is 2.02. The monoisotopic (exact) mass is 340 g/mol. The zero-order valence-electron chi connectivity index (χ0n) is 9.63. The number of carbonyl (C=O) groups is 1. The zero-order chi connectivity index (χ0) is 13.8. The summed E-state index contributed by atoms with van der Waals surface area (Å²) in [6, 6.07) is 6.30. The molecule has 0 heterocycles. The van der Waals surface area contributed by atoms with Gasteiger partial charge in [0.15, 0.2) is 5.78 Å². The first kappa shape index (κ1) is 15.4. The Morgan fingerprint density at radius 2 is 1.89 bits per heavy atom. The third-order valence-corrected chi connectivity index (χ3v) is 3.30. The van der Waals surface area contributed by atoms with Gasteiger partial charge in [0.05, 0.1) is 5.41 Å².